The highest BCUT2D eigenvalue weighted by molar-refractivity contribution is 9.10. The zero-order valence-electron chi connectivity index (χ0n) is 19.3. The molecule has 176 valence electrons. The first-order chi connectivity index (χ1) is 16.1. The van der Waals surface area contributed by atoms with Crippen molar-refractivity contribution in [3.05, 3.63) is 84.7 Å². The van der Waals surface area contributed by atoms with Crippen LogP contribution in [0.3, 0.4) is 0 Å². The molecule has 0 saturated heterocycles. The van der Waals surface area contributed by atoms with E-state index in [0.29, 0.717) is 27.7 Å². The fourth-order valence-electron chi connectivity index (χ4n) is 4.21. The minimum absolute atomic E-state index is 0.00986. The van der Waals surface area contributed by atoms with Crippen LogP contribution in [0, 0.1) is 21.4 Å². The highest BCUT2D eigenvalue weighted by Crippen LogP contribution is 2.45. The third-order valence-corrected chi connectivity index (χ3v) is 7.90. The van der Waals surface area contributed by atoms with Gasteiger partial charge in [0.15, 0.2) is 0 Å². The Hall–Kier alpha value is -2.84. The van der Waals surface area contributed by atoms with Crippen LogP contribution in [0.5, 0.6) is 0 Å². The Bertz CT molecular complexity index is 1260. The van der Waals surface area contributed by atoms with Crippen molar-refractivity contribution < 1.29 is 9.72 Å². The van der Waals surface area contributed by atoms with E-state index in [-0.39, 0.29) is 17.0 Å². The maximum Gasteiger partial charge on any atom is 0.270 e. The van der Waals surface area contributed by atoms with Gasteiger partial charge in [0.1, 0.15) is 5.00 Å². The number of nitro groups is 1. The SMILES string of the molecule is CC(C)(C)C1CCc2c(sc(/N=C/c3cccc([N+](=O)[O-])c3)c2C(=O)Nc2ccc(Br)cc2)C1. The molecule has 8 heteroatoms. The minimum atomic E-state index is -0.426. The van der Waals surface area contributed by atoms with Crippen molar-refractivity contribution in [1.29, 1.82) is 0 Å². The van der Waals surface area contributed by atoms with Gasteiger partial charge in [0.05, 0.1) is 10.5 Å². The van der Waals surface area contributed by atoms with Crippen molar-refractivity contribution in [1.82, 2.24) is 0 Å². The molecule has 2 aromatic carbocycles. The van der Waals surface area contributed by atoms with Crippen LogP contribution in [0.25, 0.3) is 0 Å². The number of aliphatic imine (C=N–C) groups is 1. The molecule has 1 N–H and O–H groups in total. The zero-order valence-corrected chi connectivity index (χ0v) is 21.7. The van der Waals surface area contributed by atoms with E-state index < -0.39 is 4.92 Å². The summed E-state index contributed by atoms with van der Waals surface area (Å²) < 4.78 is 0.939. The molecule has 4 rings (SSSR count). The van der Waals surface area contributed by atoms with Gasteiger partial charge in [0.2, 0.25) is 0 Å². The van der Waals surface area contributed by atoms with Crippen LogP contribution in [0.15, 0.2) is 58.0 Å². The number of thiophene rings is 1. The molecular formula is C26H26BrN3O3S. The second kappa shape index (κ2) is 9.80. The first-order valence-electron chi connectivity index (χ1n) is 11.1. The van der Waals surface area contributed by atoms with Crippen molar-refractivity contribution in [2.45, 2.75) is 40.0 Å². The van der Waals surface area contributed by atoms with Gasteiger partial charge in [-0.15, -0.1) is 11.3 Å². The number of non-ortho nitro benzene ring substituents is 1. The minimum Gasteiger partial charge on any atom is -0.322 e. The van der Waals surface area contributed by atoms with Gasteiger partial charge < -0.3 is 5.32 Å². The summed E-state index contributed by atoms with van der Waals surface area (Å²) >= 11 is 4.97. The average Bonchev–Trinajstić information content (AvgIpc) is 3.16. The number of halogens is 1. The Morgan fingerprint density at radius 2 is 1.97 bits per heavy atom. The maximum absolute atomic E-state index is 13.4. The Kier molecular flexibility index (Phi) is 7.00. The van der Waals surface area contributed by atoms with Gasteiger partial charge >= 0.3 is 0 Å². The van der Waals surface area contributed by atoms with E-state index in [4.69, 9.17) is 0 Å². The highest BCUT2D eigenvalue weighted by Gasteiger charge is 2.33. The molecule has 1 aliphatic carbocycles. The van der Waals surface area contributed by atoms with Crippen LogP contribution in [-0.2, 0) is 12.8 Å². The van der Waals surface area contributed by atoms with Gasteiger partial charge in [0.25, 0.3) is 11.6 Å². The number of amides is 1. The Labute approximate surface area is 211 Å². The molecule has 34 heavy (non-hydrogen) atoms. The van der Waals surface area contributed by atoms with Crippen molar-refractivity contribution in [3.63, 3.8) is 0 Å². The molecular weight excluding hydrogens is 514 g/mol. The van der Waals surface area contributed by atoms with Crippen LogP contribution in [0.2, 0.25) is 0 Å². The zero-order chi connectivity index (χ0) is 24.5. The largest absolute Gasteiger partial charge is 0.322 e. The highest BCUT2D eigenvalue weighted by atomic mass is 79.9. The molecule has 1 atom stereocenters. The molecule has 1 unspecified atom stereocenters. The smallest absolute Gasteiger partial charge is 0.270 e. The van der Waals surface area contributed by atoms with E-state index in [2.05, 4.69) is 47.0 Å². The summed E-state index contributed by atoms with van der Waals surface area (Å²) in [5, 5.41) is 14.8. The number of benzene rings is 2. The van der Waals surface area contributed by atoms with Gasteiger partial charge in [-0.1, -0.05) is 48.8 Å². The monoisotopic (exact) mass is 539 g/mol. The first-order valence-corrected chi connectivity index (χ1v) is 12.7. The third-order valence-electron chi connectivity index (χ3n) is 6.21. The average molecular weight is 540 g/mol. The van der Waals surface area contributed by atoms with Crippen LogP contribution in [-0.4, -0.2) is 17.0 Å². The Morgan fingerprint density at radius 1 is 1.24 bits per heavy atom. The summed E-state index contributed by atoms with van der Waals surface area (Å²) in [6.07, 6.45) is 4.39. The summed E-state index contributed by atoms with van der Waals surface area (Å²) in [7, 11) is 0. The van der Waals surface area contributed by atoms with Crippen LogP contribution < -0.4 is 5.32 Å². The maximum atomic E-state index is 13.4. The normalized spacial score (nSPS) is 15.8. The summed E-state index contributed by atoms with van der Waals surface area (Å²) in [4.78, 5) is 30.0. The molecule has 0 bridgehead atoms. The van der Waals surface area contributed by atoms with Gasteiger partial charge in [-0.05, 0) is 66.0 Å². The van der Waals surface area contributed by atoms with Gasteiger partial charge in [-0.2, -0.15) is 0 Å². The Balaban J connectivity index is 1.70. The lowest BCUT2D eigenvalue weighted by atomic mass is 9.72. The number of nitrogens with one attached hydrogen (secondary N) is 1. The van der Waals surface area contributed by atoms with Gasteiger partial charge in [-0.25, -0.2) is 4.99 Å². The predicted molar refractivity (Wildman–Crippen MR) is 142 cm³/mol. The summed E-state index contributed by atoms with van der Waals surface area (Å²) in [6, 6.07) is 13.8. The lowest BCUT2D eigenvalue weighted by Gasteiger charge is -2.33. The van der Waals surface area contributed by atoms with E-state index in [1.54, 1.807) is 29.7 Å². The van der Waals surface area contributed by atoms with Crippen molar-refractivity contribution in [3.8, 4) is 0 Å². The second-order valence-corrected chi connectivity index (χ2v) is 11.6. The molecule has 1 aromatic heterocycles. The van der Waals surface area contributed by atoms with E-state index in [1.165, 1.54) is 17.0 Å². The fraction of sp³-hybridized carbons (Fsp3) is 0.308. The van der Waals surface area contributed by atoms with Crippen LogP contribution in [0.4, 0.5) is 16.4 Å². The number of hydrogen-bond donors (Lipinski definition) is 1. The molecule has 0 aliphatic heterocycles. The second-order valence-electron chi connectivity index (χ2n) is 9.56. The molecule has 0 radical (unpaired) electrons. The standard InChI is InChI=1S/C26H26BrN3O3S/c1-26(2,3)17-7-12-21-22(14-17)34-25(28-15-16-5-4-6-20(13-16)30(32)33)23(21)24(31)29-19-10-8-18(27)9-11-19/h4-6,8-11,13,15,17H,7,12,14H2,1-3H3,(H,29,31)/b28-15+. The van der Waals surface area contributed by atoms with Crippen molar-refractivity contribution in [2.75, 3.05) is 5.32 Å². The number of nitro benzene ring substituents is 1. The van der Waals surface area contributed by atoms with E-state index in [0.717, 1.165) is 29.3 Å². The summed E-state index contributed by atoms with van der Waals surface area (Å²) in [5.74, 6) is 0.356. The van der Waals surface area contributed by atoms with E-state index in [1.807, 2.05) is 24.3 Å². The topological polar surface area (TPSA) is 84.6 Å². The number of carbonyl (C=O) groups is 1. The number of rotatable bonds is 5. The van der Waals surface area contributed by atoms with Gasteiger partial charge in [-0.3, -0.25) is 14.9 Å². The van der Waals surface area contributed by atoms with Gasteiger partial charge in [0, 0.05) is 33.4 Å². The molecule has 0 spiro atoms. The molecule has 6 nitrogen and oxygen atoms in total. The molecule has 0 saturated carbocycles. The lowest BCUT2D eigenvalue weighted by molar-refractivity contribution is -0.384. The van der Waals surface area contributed by atoms with Crippen molar-refractivity contribution in [2.24, 2.45) is 16.3 Å². The number of anilines is 1. The summed E-state index contributed by atoms with van der Waals surface area (Å²) in [6.45, 7) is 6.79. The quantitative estimate of drug-likeness (QED) is 0.206. The van der Waals surface area contributed by atoms with E-state index in [9.17, 15) is 14.9 Å². The Morgan fingerprint density at radius 3 is 2.65 bits per heavy atom. The number of fused-ring (bicyclic) bond motifs is 1. The number of nitrogens with zero attached hydrogens (tertiary/aromatic N) is 2. The van der Waals surface area contributed by atoms with Crippen LogP contribution >= 0.6 is 27.3 Å². The number of carbonyl (C=O) groups excluding carboxylic acids is 1. The van der Waals surface area contributed by atoms with E-state index >= 15 is 0 Å². The molecule has 0 fully saturated rings. The lowest BCUT2D eigenvalue weighted by Crippen LogP contribution is -2.27. The molecule has 1 heterocycles. The first kappa shape index (κ1) is 24.3. The fourth-order valence-corrected chi connectivity index (χ4v) is 5.75. The molecule has 1 amide bonds. The third kappa shape index (κ3) is 5.45. The van der Waals surface area contributed by atoms with Crippen LogP contribution in [0.1, 0.15) is 53.6 Å². The predicted octanol–water partition coefficient (Wildman–Crippen LogP) is 7.57. The molecule has 3 aromatic rings. The van der Waals surface area contributed by atoms with Crippen molar-refractivity contribution >= 4 is 55.8 Å². The summed E-state index contributed by atoms with van der Waals surface area (Å²) in [5.41, 5.74) is 3.21. The number of hydrogen-bond acceptors (Lipinski definition) is 5. The molecule has 1 aliphatic rings.